The molecule has 0 unspecified atom stereocenters. The second-order valence-electron chi connectivity index (χ2n) is 3.58. The van der Waals surface area contributed by atoms with Crippen molar-refractivity contribution >= 4 is 10.0 Å². The van der Waals surface area contributed by atoms with Crippen molar-refractivity contribution in [3.63, 3.8) is 0 Å². The molecule has 2 rings (SSSR count). The van der Waals surface area contributed by atoms with Gasteiger partial charge in [-0.25, -0.2) is 5.06 Å². The molecule has 1 aromatic rings. The summed E-state index contributed by atoms with van der Waals surface area (Å²) in [5.74, 6) is 0. The molecule has 1 aliphatic rings. The summed E-state index contributed by atoms with van der Waals surface area (Å²) in [5.41, 5.74) is 0.314. The zero-order valence-electron chi connectivity index (χ0n) is 9.79. The van der Waals surface area contributed by atoms with E-state index in [4.69, 9.17) is 0 Å². The lowest BCUT2D eigenvalue weighted by Gasteiger charge is -2.13. The predicted octanol–water partition coefficient (Wildman–Crippen LogP) is 2.44. The maximum absolute atomic E-state index is 11.8. The van der Waals surface area contributed by atoms with Crippen LogP contribution in [-0.4, -0.2) is 18.7 Å². The van der Waals surface area contributed by atoms with E-state index in [2.05, 4.69) is 9.63 Å². The summed E-state index contributed by atoms with van der Waals surface area (Å²) in [4.78, 5) is 0.0667. The molecule has 0 amide bonds. The quantitative estimate of drug-likeness (QED) is 0.860. The molecule has 0 radical (unpaired) electrons. The molecule has 6 nitrogen and oxygen atoms in total. The summed E-state index contributed by atoms with van der Waals surface area (Å²) in [5, 5.41) is 13.7. The van der Waals surface area contributed by atoms with Gasteiger partial charge < -0.3 is 0 Å². The predicted molar refractivity (Wildman–Crippen MR) is 68.5 cm³/mol. The van der Waals surface area contributed by atoms with E-state index in [0.29, 0.717) is 5.70 Å². The third-order valence-corrected chi connectivity index (χ3v) is 3.43. The highest BCUT2D eigenvalue weighted by Crippen LogP contribution is 2.13. The van der Waals surface area contributed by atoms with Crippen LogP contribution in [0.1, 0.15) is 0 Å². The van der Waals surface area contributed by atoms with Crippen molar-refractivity contribution in [2.24, 2.45) is 9.63 Å². The lowest BCUT2D eigenvalue weighted by molar-refractivity contribution is -0.000512. The third-order valence-electron chi connectivity index (χ3n) is 2.26. The van der Waals surface area contributed by atoms with E-state index >= 15 is 0 Å². The molecule has 7 heteroatoms. The maximum atomic E-state index is 11.8. The highest BCUT2D eigenvalue weighted by Gasteiger charge is 2.11. The molecule has 0 aromatic heterocycles. The normalized spacial score (nSPS) is 17.5. The van der Waals surface area contributed by atoms with Crippen LogP contribution in [0.4, 0.5) is 0 Å². The summed E-state index contributed by atoms with van der Waals surface area (Å²) in [6, 6.07) is 7.78. The molecule has 98 valence electrons. The van der Waals surface area contributed by atoms with Crippen LogP contribution in [0.2, 0.25) is 0 Å². The maximum Gasteiger partial charge on any atom is 0.299 e. The highest BCUT2D eigenvalue weighted by molar-refractivity contribution is 7.90. The van der Waals surface area contributed by atoms with Crippen molar-refractivity contribution in [2.45, 2.75) is 4.90 Å². The first-order valence-corrected chi connectivity index (χ1v) is 6.79. The molecule has 0 atom stereocenters. The number of nitrogens with zero attached hydrogens (tertiary/aromatic N) is 3. The molecule has 0 spiro atoms. The fourth-order valence-corrected chi connectivity index (χ4v) is 2.10. The number of benzene rings is 1. The Hall–Kier alpha value is -2.25. The van der Waals surface area contributed by atoms with Gasteiger partial charge in [0.2, 0.25) is 0 Å². The van der Waals surface area contributed by atoms with Crippen molar-refractivity contribution < 1.29 is 13.6 Å². The summed E-state index contributed by atoms with van der Waals surface area (Å²) in [6.45, 7) is 0. The molecular formula is C12H11N3O3S. The van der Waals surface area contributed by atoms with Gasteiger partial charge in [0.15, 0.2) is 0 Å². The van der Waals surface area contributed by atoms with Gasteiger partial charge in [0.1, 0.15) is 0 Å². The second-order valence-corrected chi connectivity index (χ2v) is 5.17. The summed E-state index contributed by atoms with van der Waals surface area (Å²) >= 11 is 0. The monoisotopic (exact) mass is 277 g/mol. The first-order valence-electron chi connectivity index (χ1n) is 5.35. The van der Waals surface area contributed by atoms with Crippen LogP contribution in [0.25, 0.3) is 0 Å². The minimum atomic E-state index is -3.81. The Morgan fingerprint density at radius 1 is 1.16 bits per heavy atom. The Balaban J connectivity index is 2.18. The molecule has 1 heterocycles. The number of hydrogen-bond acceptors (Lipinski definition) is 5. The van der Waals surface area contributed by atoms with E-state index in [9.17, 15) is 13.6 Å². The minimum Gasteiger partial charge on any atom is -0.284 e. The number of allylic oxidation sites excluding steroid dienone is 3. The molecule has 1 aromatic carbocycles. The number of hydroxylamine groups is 2. The van der Waals surface area contributed by atoms with E-state index < -0.39 is 10.0 Å². The van der Waals surface area contributed by atoms with Crippen molar-refractivity contribution in [2.75, 3.05) is 0 Å². The molecule has 0 fully saturated rings. The summed E-state index contributed by atoms with van der Waals surface area (Å²) < 4.78 is 26.8. The first kappa shape index (κ1) is 13.2. The molecule has 1 N–H and O–H groups in total. The van der Waals surface area contributed by atoms with Crippen molar-refractivity contribution in [3.05, 3.63) is 66.7 Å². The van der Waals surface area contributed by atoms with Crippen LogP contribution in [0, 0.1) is 0 Å². The lowest BCUT2D eigenvalue weighted by atomic mass is 10.3. The number of hydrogen-bond donors (Lipinski definition) is 1. The molecule has 1 aliphatic heterocycles. The largest absolute Gasteiger partial charge is 0.299 e. The number of rotatable bonds is 3. The van der Waals surface area contributed by atoms with Crippen LogP contribution >= 0.6 is 0 Å². The smallest absolute Gasteiger partial charge is 0.284 e. The standard InChI is InChI=1S/C12H11N3O3S/c16-15-9-5-4-6-11(15)10-13-14-19(17,18)12-7-2-1-3-8-12/h1-10,16H/b11-10+,14-13?. The van der Waals surface area contributed by atoms with E-state index in [1.54, 1.807) is 36.4 Å². The summed E-state index contributed by atoms with van der Waals surface area (Å²) in [6.07, 6.45) is 7.41. The van der Waals surface area contributed by atoms with Gasteiger partial charge in [-0.15, -0.1) is 5.11 Å². The van der Waals surface area contributed by atoms with Gasteiger partial charge in [-0.3, -0.25) is 5.21 Å². The molecule has 0 aliphatic carbocycles. The van der Waals surface area contributed by atoms with Gasteiger partial charge >= 0.3 is 0 Å². The average Bonchev–Trinajstić information content (AvgIpc) is 2.42. The van der Waals surface area contributed by atoms with E-state index in [1.165, 1.54) is 18.3 Å². The van der Waals surface area contributed by atoms with Crippen molar-refractivity contribution in [1.29, 1.82) is 0 Å². The molecule has 0 bridgehead atoms. The third kappa shape index (κ3) is 3.36. The topological polar surface area (TPSA) is 82.3 Å². The average molecular weight is 277 g/mol. The van der Waals surface area contributed by atoms with Gasteiger partial charge in [0, 0.05) is 6.20 Å². The molecule has 0 saturated carbocycles. The van der Waals surface area contributed by atoms with Gasteiger partial charge in [-0.1, -0.05) is 28.8 Å². The van der Waals surface area contributed by atoms with Crippen LogP contribution in [-0.2, 0) is 10.0 Å². The Labute approximate surface area is 110 Å². The molecule has 19 heavy (non-hydrogen) atoms. The Bertz CT molecular complexity index is 661. The number of sulfonamides is 1. The highest BCUT2D eigenvalue weighted by atomic mass is 32.2. The van der Waals surface area contributed by atoms with Crippen molar-refractivity contribution in [1.82, 2.24) is 5.06 Å². The first-order chi connectivity index (χ1) is 9.09. The van der Waals surface area contributed by atoms with Crippen LogP contribution in [0.3, 0.4) is 0 Å². The van der Waals surface area contributed by atoms with Gasteiger partial charge in [0.05, 0.1) is 16.8 Å². The van der Waals surface area contributed by atoms with Gasteiger partial charge in [-0.05, 0) is 24.3 Å². The molecular weight excluding hydrogens is 266 g/mol. The Morgan fingerprint density at radius 2 is 1.89 bits per heavy atom. The molecule has 0 saturated heterocycles. The Morgan fingerprint density at radius 3 is 2.58 bits per heavy atom. The zero-order valence-corrected chi connectivity index (χ0v) is 10.6. The van der Waals surface area contributed by atoms with Crippen LogP contribution < -0.4 is 0 Å². The van der Waals surface area contributed by atoms with E-state index in [0.717, 1.165) is 11.3 Å². The Kier molecular flexibility index (Phi) is 3.88. The zero-order chi connectivity index (χ0) is 13.7. The van der Waals surface area contributed by atoms with E-state index in [1.807, 2.05) is 0 Å². The van der Waals surface area contributed by atoms with Crippen LogP contribution in [0.5, 0.6) is 0 Å². The van der Waals surface area contributed by atoms with Crippen LogP contribution in [0.15, 0.2) is 81.2 Å². The van der Waals surface area contributed by atoms with E-state index in [-0.39, 0.29) is 4.90 Å². The fourth-order valence-electron chi connectivity index (χ4n) is 1.33. The second kappa shape index (κ2) is 5.59. The fraction of sp³-hybridized carbons (Fsp3) is 0. The summed E-state index contributed by atoms with van der Waals surface area (Å²) in [7, 11) is -3.81. The van der Waals surface area contributed by atoms with Gasteiger partial charge in [-0.2, -0.15) is 8.42 Å². The van der Waals surface area contributed by atoms with Crippen molar-refractivity contribution in [3.8, 4) is 0 Å². The van der Waals surface area contributed by atoms with Gasteiger partial charge in [0.25, 0.3) is 10.0 Å². The lowest BCUT2D eigenvalue weighted by Crippen LogP contribution is -2.10. The minimum absolute atomic E-state index is 0.0667. The SMILES string of the molecule is O=S(=O)(N=N/C=C1\C=CC=CN1O)c1ccccc1.